The number of carbonyl (C=O) groups excluding carboxylic acids is 1. The Balaban J connectivity index is 1.89. The van der Waals surface area contributed by atoms with Crippen molar-refractivity contribution in [2.45, 2.75) is 44.6 Å². The van der Waals surface area contributed by atoms with Crippen LogP contribution in [0, 0.1) is 0 Å². The summed E-state index contributed by atoms with van der Waals surface area (Å²) in [5.41, 5.74) is 7.18. The fraction of sp³-hybridized carbons (Fsp3) is 0.714. The highest BCUT2D eigenvalue weighted by molar-refractivity contribution is 5.81. The van der Waals surface area contributed by atoms with E-state index in [0.29, 0.717) is 5.92 Å². The van der Waals surface area contributed by atoms with E-state index in [2.05, 4.69) is 18.1 Å². The summed E-state index contributed by atoms with van der Waals surface area (Å²) < 4.78 is 1.94. The van der Waals surface area contributed by atoms with Crippen molar-refractivity contribution in [2.24, 2.45) is 12.8 Å². The Labute approximate surface area is 114 Å². The summed E-state index contributed by atoms with van der Waals surface area (Å²) in [5.74, 6) is 0.629. The van der Waals surface area contributed by atoms with Gasteiger partial charge in [-0.2, -0.15) is 5.10 Å². The van der Waals surface area contributed by atoms with Gasteiger partial charge in [0, 0.05) is 37.9 Å². The van der Waals surface area contributed by atoms with E-state index in [-0.39, 0.29) is 11.9 Å². The van der Waals surface area contributed by atoms with Gasteiger partial charge in [-0.1, -0.05) is 13.3 Å². The Morgan fingerprint density at radius 2 is 2.21 bits per heavy atom. The molecule has 106 valence electrons. The lowest BCUT2D eigenvalue weighted by Crippen LogP contribution is -2.46. The molecular weight excluding hydrogens is 240 g/mol. The summed E-state index contributed by atoms with van der Waals surface area (Å²) in [6, 6.07) is 1.75. The van der Waals surface area contributed by atoms with E-state index in [4.69, 9.17) is 5.73 Å². The van der Waals surface area contributed by atoms with E-state index in [1.165, 1.54) is 5.69 Å². The molecule has 0 aliphatic carbocycles. The first-order valence-electron chi connectivity index (χ1n) is 7.15. The molecule has 0 saturated carbocycles. The summed E-state index contributed by atoms with van der Waals surface area (Å²) in [5, 5.41) is 4.21. The molecule has 19 heavy (non-hydrogen) atoms. The lowest BCUT2D eigenvalue weighted by atomic mass is 9.93. The predicted molar refractivity (Wildman–Crippen MR) is 74.6 cm³/mol. The first-order chi connectivity index (χ1) is 9.13. The van der Waals surface area contributed by atoms with Gasteiger partial charge in [-0.05, 0) is 25.3 Å². The summed E-state index contributed by atoms with van der Waals surface area (Å²) in [6.07, 6.45) is 5.58. The second-order valence-electron chi connectivity index (χ2n) is 5.37. The second-order valence-corrected chi connectivity index (χ2v) is 5.37. The molecule has 0 bridgehead atoms. The topological polar surface area (TPSA) is 64.2 Å². The molecule has 0 aromatic carbocycles. The number of hydrogen-bond donors (Lipinski definition) is 1. The number of piperidine rings is 1. The van der Waals surface area contributed by atoms with Gasteiger partial charge in [0.05, 0.1) is 6.04 Å². The molecule has 2 rings (SSSR count). The van der Waals surface area contributed by atoms with Crippen LogP contribution in [0.5, 0.6) is 0 Å². The Bertz CT molecular complexity index is 421. The maximum atomic E-state index is 12.1. The number of amides is 1. The number of hydrogen-bond acceptors (Lipinski definition) is 3. The third kappa shape index (κ3) is 3.15. The van der Waals surface area contributed by atoms with Crippen LogP contribution in [-0.4, -0.2) is 39.7 Å². The zero-order valence-corrected chi connectivity index (χ0v) is 11.9. The number of carbonyl (C=O) groups is 1. The van der Waals surface area contributed by atoms with Gasteiger partial charge in [-0.15, -0.1) is 0 Å². The lowest BCUT2D eigenvalue weighted by molar-refractivity contribution is -0.133. The molecule has 1 atom stereocenters. The van der Waals surface area contributed by atoms with E-state index >= 15 is 0 Å². The van der Waals surface area contributed by atoms with Crippen molar-refractivity contribution in [3.63, 3.8) is 0 Å². The number of nitrogens with zero attached hydrogens (tertiary/aromatic N) is 3. The van der Waals surface area contributed by atoms with Crippen molar-refractivity contribution in [1.82, 2.24) is 14.7 Å². The SMILES string of the molecule is CCCC(N)C(=O)N1CCC(c2ccnn2C)CC1. The van der Waals surface area contributed by atoms with Crippen LogP contribution < -0.4 is 5.73 Å². The number of aromatic nitrogens is 2. The van der Waals surface area contributed by atoms with Crippen molar-refractivity contribution in [1.29, 1.82) is 0 Å². The molecule has 1 aromatic heterocycles. The van der Waals surface area contributed by atoms with Crippen molar-refractivity contribution in [3.05, 3.63) is 18.0 Å². The smallest absolute Gasteiger partial charge is 0.239 e. The molecule has 0 radical (unpaired) electrons. The highest BCUT2D eigenvalue weighted by Crippen LogP contribution is 2.27. The van der Waals surface area contributed by atoms with Crippen molar-refractivity contribution in [3.8, 4) is 0 Å². The fourth-order valence-corrected chi connectivity index (χ4v) is 2.85. The second kappa shape index (κ2) is 6.19. The average molecular weight is 264 g/mol. The van der Waals surface area contributed by atoms with Gasteiger partial charge in [-0.25, -0.2) is 0 Å². The van der Waals surface area contributed by atoms with Gasteiger partial charge < -0.3 is 10.6 Å². The standard InChI is InChI=1S/C14H24N4O/c1-3-4-12(15)14(19)18-9-6-11(7-10-18)13-5-8-16-17(13)2/h5,8,11-12H,3-4,6-7,9-10,15H2,1-2H3. The van der Waals surface area contributed by atoms with Crippen LogP contribution in [0.25, 0.3) is 0 Å². The molecule has 0 spiro atoms. The van der Waals surface area contributed by atoms with Crippen LogP contribution in [-0.2, 0) is 11.8 Å². The van der Waals surface area contributed by atoms with E-state index in [9.17, 15) is 4.79 Å². The molecule has 1 aliphatic heterocycles. The Morgan fingerprint density at radius 3 is 2.74 bits per heavy atom. The van der Waals surface area contributed by atoms with Crippen LogP contribution in [0.1, 0.15) is 44.2 Å². The quantitative estimate of drug-likeness (QED) is 0.890. The molecule has 2 N–H and O–H groups in total. The number of likely N-dealkylation sites (tertiary alicyclic amines) is 1. The number of rotatable bonds is 4. The summed E-state index contributed by atoms with van der Waals surface area (Å²) in [4.78, 5) is 14.1. The first kappa shape index (κ1) is 14.1. The van der Waals surface area contributed by atoms with Crippen LogP contribution in [0.3, 0.4) is 0 Å². The molecule has 1 amide bonds. The van der Waals surface area contributed by atoms with E-state index in [1.807, 2.05) is 22.8 Å². The zero-order valence-electron chi connectivity index (χ0n) is 11.9. The van der Waals surface area contributed by atoms with Gasteiger partial charge in [0.2, 0.25) is 5.91 Å². The van der Waals surface area contributed by atoms with Gasteiger partial charge in [0.25, 0.3) is 0 Å². The van der Waals surface area contributed by atoms with E-state index < -0.39 is 0 Å². The maximum Gasteiger partial charge on any atom is 0.239 e. The third-order valence-electron chi connectivity index (χ3n) is 4.00. The van der Waals surface area contributed by atoms with Gasteiger partial charge in [-0.3, -0.25) is 9.48 Å². The molecule has 1 aromatic rings. The molecule has 1 unspecified atom stereocenters. The third-order valence-corrected chi connectivity index (χ3v) is 4.00. The minimum atomic E-state index is -0.321. The van der Waals surface area contributed by atoms with Crippen molar-refractivity contribution >= 4 is 5.91 Å². The largest absolute Gasteiger partial charge is 0.341 e. The molecule has 1 fully saturated rings. The Kier molecular flexibility index (Phi) is 4.58. The molecule has 1 aliphatic rings. The minimum Gasteiger partial charge on any atom is -0.341 e. The molecule has 5 nitrogen and oxygen atoms in total. The van der Waals surface area contributed by atoms with E-state index in [0.717, 1.165) is 38.8 Å². The molecule has 1 saturated heterocycles. The highest BCUT2D eigenvalue weighted by atomic mass is 16.2. The lowest BCUT2D eigenvalue weighted by Gasteiger charge is -2.33. The van der Waals surface area contributed by atoms with Gasteiger partial charge >= 0.3 is 0 Å². The normalized spacial score (nSPS) is 18.6. The summed E-state index contributed by atoms with van der Waals surface area (Å²) >= 11 is 0. The molecular formula is C14H24N4O. The molecule has 5 heteroatoms. The summed E-state index contributed by atoms with van der Waals surface area (Å²) in [6.45, 7) is 3.68. The first-order valence-corrected chi connectivity index (χ1v) is 7.15. The Hall–Kier alpha value is -1.36. The van der Waals surface area contributed by atoms with Crippen LogP contribution >= 0.6 is 0 Å². The predicted octanol–water partition coefficient (Wildman–Crippen LogP) is 1.25. The zero-order chi connectivity index (χ0) is 13.8. The van der Waals surface area contributed by atoms with Crippen LogP contribution in [0.15, 0.2) is 12.3 Å². The van der Waals surface area contributed by atoms with Crippen LogP contribution in [0.4, 0.5) is 0 Å². The minimum absolute atomic E-state index is 0.116. The highest BCUT2D eigenvalue weighted by Gasteiger charge is 2.27. The van der Waals surface area contributed by atoms with Crippen molar-refractivity contribution in [2.75, 3.05) is 13.1 Å². The molecule has 2 heterocycles. The van der Waals surface area contributed by atoms with E-state index in [1.54, 1.807) is 0 Å². The van der Waals surface area contributed by atoms with Gasteiger partial charge in [0.15, 0.2) is 0 Å². The Morgan fingerprint density at radius 1 is 1.53 bits per heavy atom. The number of nitrogens with two attached hydrogens (primary N) is 1. The van der Waals surface area contributed by atoms with Crippen LogP contribution in [0.2, 0.25) is 0 Å². The monoisotopic (exact) mass is 264 g/mol. The number of aryl methyl sites for hydroxylation is 1. The average Bonchev–Trinajstić information content (AvgIpc) is 2.84. The van der Waals surface area contributed by atoms with Gasteiger partial charge in [0.1, 0.15) is 0 Å². The summed E-state index contributed by atoms with van der Waals surface area (Å²) in [7, 11) is 1.98. The maximum absolute atomic E-state index is 12.1. The van der Waals surface area contributed by atoms with Crippen molar-refractivity contribution < 1.29 is 4.79 Å². The fourth-order valence-electron chi connectivity index (χ4n) is 2.85.